The van der Waals surface area contributed by atoms with Crippen molar-refractivity contribution in [2.24, 2.45) is 0 Å². The second-order valence-corrected chi connectivity index (χ2v) is 11.5. The fourth-order valence-corrected chi connectivity index (χ4v) is 6.05. The van der Waals surface area contributed by atoms with Crippen LogP contribution in [-0.4, -0.2) is 24.5 Å². The molecule has 0 saturated carbocycles. The van der Waals surface area contributed by atoms with Crippen molar-refractivity contribution in [3.05, 3.63) is 112 Å². The fourth-order valence-electron chi connectivity index (χ4n) is 3.84. The molecule has 7 nitrogen and oxygen atoms in total. The molecule has 0 atom stereocenters. The van der Waals surface area contributed by atoms with Crippen LogP contribution in [0.15, 0.2) is 89.8 Å². The number of amides is 1. The highest BCUT2D eigenvalue weighted by Gasteiger charge is 2.20. The van der Waals surface area contributed by atoms with E-state index >= 15 is 0 Å². The maximum atomic E-state index is 13.3. The van der Waals surface area contributed by atoms with Crippen LogP contribution in [0.3, 0.4) is 0 Å². The Bertz CT molecular complexity index is 1680. The molecule has 0 saturated heterocycles. The van der Waals surface area contributed by atoms with Crippen molar-refractivity contribution in [1.82, 2.24) is 10.2 Å². The lowest BCUT2D eigenvalue weighted by Crippen LogP contribution is -2.15. The van der Waals surface area contributed by atoms with E-state index in [2.05, 4.69) is 44.5 Å². The van der Waals surface area contributed by atoms with Gasteiger partial charge in [-0.3, -0.25) is 9.52 Å². The van der Waals surface area contributed by atoms with Crippen LogP contribution in [-0.2, 0) is 16.4 Å². The number of benzene rings is 3. The molecule has 2 N–H and O–H groups in total. The standard InChI is InChI=1S/C27H21ClN4O3S2/c1-17-6-8-18(9-7-17)16-22-21-4-2-3-5-23(21)36-26(22)27(33)29-19-10-12-20(13-11-19)37(34,35)32-25-15-14-24(28)30-31-25/h2-15H,16H2,1H3,(H,29,33)(H,31,32). The number of carbonyl (C=O) groups is 1. The third-order valence-electron chi connectivity index (χ3n) is 5.70. The van der Waals surface area contributed by atoms with E-state index in [1.807, 2.05) is 31.2 Å². The van der Waals surface area contributed by atoms with Crippen LogP contribution >= 0.6 is 22.9 Å². The number of carbonyl (C=O) groups excluding carboxylic acids is 1. The van der Waals surface area contributed by atoms with E-state index in [1.54, 1.807) is 12.1 Å². The van der Waals surface area contributed by atoms with Crippen molar-refractivity contribution in [3.8, 4) is 0 Å². The lowest BCUT2D eigenvalue weighted by atomic mass is 10.0. The summed E-state index contributed by atoms with van der Waals surface area (Å²) >= 11 is 7.14. The smallest absolute Gasteiger partial charge is 0.266 e. The first-order chi connectivity index (χ1) is 17.8. The van der Waals surface area contributed by atoms with E-state index in [9.17, 15) is 13.2 Å². The van der Waals surface area contributed by atoms with Crippen molar-refractivity contribution in [2.75, 3.05) is 10.0 Å². The predicted octanol–water partition coefficient (Wildman–Crippen LogP) is 6.30. The zero-order valence-electron chi connectivity index (χ0n) is 19.6. The number of aromatic nitrogens is 2. The second kappa shape index (κ2) is 10.3. The molecule has 0 spiro atoms. The monoisotopic (exact) mass is 548 g/mol. The molecule has 3 aromatic carbocycles. The summed E-state index contributed by atoms with van der Waals surface area (Å²) < 4.78 is 28.8. The summed E-state index contributed by atoms with van der Waals surface area (Å²) in [5, 5.41) is 11.5. The van der Waals surface area contributed by atoms with E-state index in [4.69, 9.17) is 11.6 Å². The quantitative estimate of drug-likeness (QED) is 0.249. The van der Waals surface area contributed by atoms with Crippen molar-refractivity contribution in [3.63, 3.8) is 0 Å². The van der Waals surface area contributed by atoms with E-state index in [0.717, 1.165) is 21.2 Å². The Kier molecular flexibility index (Phi) is 6.92. The Morgan fingerprint density at radius 3 is 2.35 bits per heavy atom. The lowest BCUT2D eigenvalue weighted by molar-refractivity contribution is 0.103. The van der Waals surface area contributed by atoms with Gasteiger partial charge in [0.2, 0.25) is 0 Å². The normalized spacial score (nSPS) is 11.4. The number of nitrogens with zero attached hydrogens (tertiary/aromatic N) is 2. The van der Waals surface area contributed by atoms with Crippen LogP contribution < -0.4 is 10.0 Å². The summed E-state index contributed by atoms with van der Waals surface area (Å²) in [6, 6.07) is 25.0. The zero-order chi connectivity index (χ0) is 26.0. The molecule has 0 radical (unpaired) electrons. The Morgan fingerprint density at radius 2 is 1.65 bits per heavy atom. The molecule has 10 heteroatoms. The first-order valence-corrected chi connectivity index (χ1v) is 14.0. The largest absolute Gasteiger partial charge is 0.321 e. The number of hydrogen-bond donors (Lipinski definition) is 2. The van der Waals surface area contributed by atoms with Gasteiger partial charge in [0.1, 0.15) is 0 Å². The highest BCUT2D eigenvalue weighted by Crippen LogP contribution is 2.33. The molecular weight excluding hydrogens is 528 g/mol. The minimum Gasteiger partial charge on any atom is -0.321 e. The van der Waals surface area contributed by atoms with Gasteiger partial charge in [-0.05, 0) is 72.3 Å². The average Bonchev–Trinajstić information content (AvgIpc) is 3.25. The predicted molar refractivity (Wildman–Crippen MR) is 148 cm³/mol. The molecule has 0 aliphatic carbocycles. The number of rotatable bonds is 7. The van der Waals surface area contributed by atoms with Gasteiger partial charge < -0.3 is 5.32 Å². The van der Waals surface area contributed by atoms with Crippen molar-refractivity contribution in [2.45, 2.75) is 18.2 Å². The second-order valence-electron chi connectivity index (χ2n) is 8.39. The molecule has 2 aromatic heterocycles. The van der Waals surface area contributed by atoms with Gasteiger partial charge in [-0.25, -0.2) is 8.42 Å². The number of hydrogen-bond acceptors (Lipinski definition) is 6. The molecule has 186 valence electrons. The van der Waals surface area contributed by atoms with E-state index in [1.165, 1.54) is 41.2 Å². The SMILES string of the molecule is Cc1ccc(Cc2c(C(=O)Nc3ccc(S(=O)(=O)Nc4ccc(Cl)nn4)cc3)sc3ccccc23)cc1. The van der Waals surface area contributed by atoms with Gasteiger partial charge in [-0.1, -0.05) is 59.6 Å². The van der Waals surface area contributed by atoms with Gasteiger partial charge in [-0.15, -0.1) is 21.5 Å². The van der Waals surface area contributed by atoms with Gasteiger partial charge in [0, 0.05) is 10.4 Å². The maximum Gasteiger partial charge on any atom is 0.266 e. The van der Waals surface area contributed by atoms with Gasteiger partial charge in [0.15, 0.2) is 11.0 Å². The number of thiophene rings is 1. The van der Waals surface area contributed by atoms with Crippen LogP contribution in [0, 0.1) is 6.92 Å². The molecule has 0 aliphatic heterocycles. The van der Waals surface area contributed by atoms with Crippen molar-refractivity contribution in [1.29, 1.82) is 0 Å². The summed E-state index contributed by atoms with van der Waals surface area (Å²) in [4.78, 5) is 14.0. The summed E-state index contributed by atoms with van der Waals surface area (Å²) in [6.07, 6.45) is 0.628. The van der Waals surface area contributed by atoms with Crippen LogP contribution in [0.2, 0.25) is 5.15 Å². The average molecular weight is 549 g/mol. The third kappa shape index (κ3) is 5.64. The topological polar surface area (TPSA) is 101 Å². The number of aryl methyl sites for hydroxylation is 1. The highest BCUT2D eigenvalue weighted by molar-refractivity contribution is 7.92. The molecule has 1 amide bonds. The molecule has 5 aromatic rings. The number of nitrogens with one attached hydrogen (secondary N) is 2. The number of fused-ring (bicyclic) bond motifs is 1. The fraction of sp³-hybridized carbons (Fsp3) is 0.0741. The molecule has 5 rings (SSSR count). The Labute approximate surface area is 223 Å². The summed E-state index contributed by atoms with van der Waals surface area (Å²) in [5.41, 5.74) is 3.75. The third-order valence-corrected chi connectivity index (χ3v) is 8.48. The minimum absolute atomic E-state index is 0.0178. The number of sulfonamides is 1. The van der Waals surface area contributed by atoms with E-state index in [-0.39, 0.29) is 21.8 Å². The molecular formula is C27H21ClN4O3S2. The zero-order valence-corrected chi connectivity index (χ0v) is 22.0. The lowest BCUT2D eigenvalue weighted by Gasteiger charge is -2.09. The van der Waals surface area contributed by atoms with E-state index < -0.39 is 10.0 Å². The van der Waals surface area contributed by atoms with Gasteiger partial charge >= 0.3 is 0 Å². The van der Waals surface area contributed by atoms with Crippen molar-refractivity contribution >= 4 is 60.5 Å². The Balaban J connectivity index is 1.37. The van der Waals surface area contributed by atoms with Gasteiger partial charge in [0.25, 0.3) is 15.9 Å². The minimum atomic E-state index is -3.89. The Hall–Kier alpha value is -3.79. The summed E-state index contributed by atoms with van der Waals surface area (Å²) in [6.45, 7) is 2.04. The molecule has 0 unspecified atom stereocenters. The maximum absolute atomic E-state index is 13.3. The number of anilines is 2. The molecule has 0 bridgehead atoms. The first-order valence-electron chi connectivity index (χ1n) is 11.3. The molecule has 0 fully saturated rings. The molecule has 0 aliphatic rings. The first kappa shape index (κ1) is 24.9. The van der Waals surface area contributed by atoms with Gasteiger partial charge in [0.05, 0.1) is 9.77 Å². The van der Waals surface area contributed by atoms with Crippen molar-refractivity contribution < 1.29 is 13.2 Å². The van der Waals surface area contributed by atoms with E-state index in [0.29, 0.717) is 17.0 Å². The Morgan fingerprint density at radius 1 is 0.919 bits per heavy atom. The van der Waals surface area contributed by atoms with Crippen LogP contribution in [0.1, 0.15) is 26.4 Å². The number of halogens is 1. The summed E-state index contributed by atoms with van der Waals surface area (Å²) in [5.74, 6) is -0.193. The van der Waals surface area contributed by atoms with Gasteiger partial charge in [-0.2, -0.15) is 0 Å². The van der Waals surface area contributed by atoms with Crippen LogP contribution in [0.5, 0.6) is 0 Å². The van der Waals surface area contributed by atoms with Crippen LogP contribution in [0.4, 0.5) is 11.5 Å². The highest BCUT2D eigenvalue weighted by atomic mass is 35.5. The summed E-state index contributed by atoms with van der Waals surface area (Å²) in [7, 11) is -3.89. The molecule has 37 heavy (non-hydrogen) atoms. The van der Waals surface area contributed by atoms with Crippen LogP contribution in [0.25, 0.3) is 10.1 Å². The molecule has 2 heterocycles.